The molecule has 0 fully saturated rings. The van der Waals surface area contributed by atoms with E-state index in [1.165, 1.54) is 0 Å². The first-order valence-corrected chi connectivity index (χ1v) is 6.95. The van der Waals surface area contributed by atoms with Crippen molar-refractivity contribution in [3.63, 3.8) is 0 Å². The van der Waals surface area contributed by atoms with E-state index in [0.717, 1.165) is 12.5 Å². The van der Waals surface area contributed by atoms with Crippen molar-refractivity contribution >= 4 is 41.2 Å². The van der Waals surface area contributed by atoms with Crippen LogP contribution >= 0.6 is 33.8 Å². The summed E-state index contributed by atoms with van der Waals surface area (Å²) in [6, 6.07) is 0.937. The smallest absolute Gasteiger partial charge is 0.150 e. The molecule has 0 rings (SSSR count). The third-order valence-electron chi connectivity index (χ3n) is 0.556. The molecule has 4 heteroatoms. The monoisotopic (exact) mass is 176 g/mol. The lowest BCUT2D eigenvalue weighted by atomic mass is 10.6. The molecule has 0 unspecified atom stereocenters. The van der Waals surface area contributed by atoms with Crippen LogP contribution in [0, 0.1) is 0 Å². The molecular weight excluding hydrogens is 170 g/mol. The first-order chi connectivity index (χ1) is 3.27. The van der Waals surface area contributed by atoms with Crippen LogP contribution in [0.15, 0.2) is 0 Å². The lowest BCUT2D eigenvalue weighted by molar-refractivity contribution is 1.09. The van der Waals surface area contributed by atoms with E-state index in [2.05, 4.69) is 0 Å². The van der Waals surface area contributed by atoms with Gasteiger partial charge in [0.25, 0.3) is 0 Å². The van der Waals surface area contributed by atoms with Gasteiger partial charge in [-0.05, 0) is 12.5 Å². The molecule has 0 radical (unpaired) electrons. The Hall–Kier alpha value is 1.09. The van der Waals surface area contributed by atoms with Crippen LogP contribution in [-0.4, -0.2) is 13.3 Å². The summed E-state index contributed by atoms with van der Waals surface area (Å²) in [5, 5.41) is 0. The maximum atomic E-state index is 5.50. The third kappa shape index (κ3) is 7.09. The molecule has 0 aliphatic heterocycles. The molecule has 0 bridgehead atoms. The molecule has 0 saturated heterocycles. The second-order valence-corrected chi connectivity index (χ2v) is 6.79. The molecule has 0 aromatic heterocycles. The van der Waals surface area contributed by atoms with E-state index in [0.29, 0.717) is 5.88 Å². The fourth-order valence-corrected chi connectivity index (χ4v) is 2.08. The van der Waals surface area contributed by atoms with E-state index in [1.54, 1.807) is 0 Å². The van der Waals surface area contributed by atoms with E-state index < -0.39 is 7.42 Å². The van der Waals surface area contributed by atoms with Crippen molar-refractivity contribution in [2.45, 2.75) is 12.5 Å². The van der Waals surface area contributed by atoms with Crippen LogP contribution in [0.25, 0.3) is 0 Å². The summed E-state index contributed by atoms with van der Waals surface area (Å²) in [6.07, 6.45) is 0.964. The van der Waals surface area contributed by atoms with Crippen LogP contribution in [-0.2, 0) is 0 Å². The number of halogens is 3. The van der Waals surface area contributed by atoms with Gasteiger partial charge in [0.15, 0.2) is 0 Å². The Morgan fingerprint density at radius 1 is 1.29 bits per heavy atom. The average molecular weight is 178 g/mol. The highest BCUT2D eigenvalue weighted by Gasteiger charge is 1.98. The summed E-state index contributed by atoms with van der Waals surface area (Å²) in [6.45, 7) is 0. The molecule has 0 aromatic rings. The standard InChI is InChI=1S/C3H7Cl3Si/c4-2-1-3-7(5)6/h7H,1-3H2. The predicted octanol–water partition coefficient (Wildman–Crippen LogP) is 2.31. The largest absolute Gasteiger partial charge is 0.237 e. The molecule has 0 spiro atoms. The molecule has 0 nitrogen and oxygen atoms in total. The van der Waals surface area contributed by atoms with E-state index >= 15 is 0 Å². The molecule has 0 heterocycles. The zero-order valence-corrected chi connectivity index (χ0v) is 7.26. The van der Waals surface area contributed by atoms with Crippen molar-refractivity contribution in [2.75, 3.05) is 5.88 Å². The van der Waals surface area contributed by atoms with Crippen molar-refractivity contribution in [1.82, 2.24) is 0 Å². The van der Waals surface area contributed by atoms with Gasteiger partial charge in [0.2, 0.25) is 7.42 Å². The summed E-state index contributed by atoms with van der Waals surface area (Å²) in [4.78, 5) is 0. The van der Waals surface area contributed by atoms with Crippen molar-refractivity contribution in [2.24, 2.45) is 0 Å². The fraction of sp³-hybridized carbons (Fsp3) is 1.00. The molecule has 7 heavy (non-hydrogen) atoms. The Bertz CT molecular complexity index is 39.2. The van der Waals surface area contributed by atoms with Crippen molar-refractivity contribution in [3.8, 4) is 0 Å². The summed E-state index contributed by atoms with van der Waals surface area (Å²) in [5.41, 5.74) is 0. The Labute approximate surface area is 59.8 Å². The van der Waals surface area contributed by atoms with E-state index in [1.807, 2.05) is 0 Å². The highest BCUT2D eigenvalue weighted by molar-refractivity contribution is 7.33. The van der Waals surface area contributed by atoms with Gasteiger partial charge in [-0.3, -0.25) is 0 Å². The van der Waals surface area contributed by atoms with Gasteiger partial charge < -0.3 is 0 Å². The molecular formula is C3H7Cl3Si. The van der Waals surface area contributed by atoms with E-state index in [-0.39, 0.29) is 0 Å². The van der Waals surface area contributed by atoms with Crippen molar-refractivity contribution in [3.05, 3.63) is 0 Å². The van der Waals surface area contributed by atoms with Gasteiger partial charge in [-0.1, -0.05) is 0 Å². The maximum absolute atomic E-state index is 5.50. The Balaban J connectivity index is 2.68. The third-order valence-corrected chi connectivity index (χ3v) is 2.98. The molecule has 0 amide bonds. The molecule has 0 atom stereocenters. The van der Waals surface area contributed by atoms with Gasteiger partial charge in [-0.2, -0.15) is 22.2 Å². The first-order valence-electron chi connectivity index (χ1n) is 2.11. The van der Waals surface area contributed by atoms with Gasteiger partial charge >= 0.3 is 0 Å². The molecule has 0 aliphatic carbocycles. The Kier molecular flexibility index (Phi) is 6.04. The van der Waals surface area contributed by atoms with E-state index in [9.17, 15) is 0 Å². The summed E-state index contributed by atoms with van der Waals surface area (Å²) < 4.78 is 0. The van der Waals surface area contributed by atoms with Crippen LogP contribution in [0.4, 0.5) is 0 Å². The van der Waals surface area contributed by atoms with Crippen LogP contribution in [0.1, 0.15) is 6.42 Å². The summed E-state index contributed by atoms with van der Waals surface area (Å²) >= 11 is 16.4. The number of hydrogen-bond donors (Lipinski definition) is 0. The Morgan fingerprint density at radius 3 is 2.00 bits per heavy atom. The number of rotatable bonds is 3. The zero-order valence-electron chi connectivity index (χ0n) is 3.83. The second-order valence-electron chi connectivity index (χ2n) is 1.22. The first kappa shape index (κ1) is 8.09. The van der Waals surface area contributed by atoms with Crippen LogP contribution in [0.5, 0.6) is 0 Å². The van der Waals surface area contributed by atoms with Gasteiger partial charge in [-0.15, -0.1) is 11.6 Å². The molecule has 0 aromatic carbocycles. The van der Waals surface area contributed by atoms with Crippen LogP contribution < -0.4 is 0 Å². The van der Waals surface area contributed by atoms with Crippen molar-refractivity contribution < 1.29 is 0 Å². The molecule has 0 N–H and O–H groups in total. The maximum Gasteiger partial charge on any atom is 0.237 e. The quantitative estimate of drug-likeness (QED) is 0.353. The van der Waals surface area contributed by atoms with E-state index in [4.69, 9.17) is 33.8 Å². The SMILES string of the molecule is ClCCC[SiH](Cl)Cl. The van der Waals surface area contributed by atoms with Crippen LogP contribution in [0.2, 0.25) is 6.04 Å². The number of hydrogen-bond acceptors (Lipinski definition) is 0. The summed E-state index contributed by atoms with van der Waals surface area (Å²) in [7, 11) is -1.33. The second kappa shape index (κ2) is 5.23. The Morgan fingerprint density at radius 2 is 1.86 bits per heavy atom. The lowest BCUT2D eigenvalue weighted by Crippen LogP contribution is -1.90. The van der Waals surface area contributed by atoms with Gasteiger partial charge in [0.1, 0.15) is 0 Å². The van der Waals surface area contributed by atoms with Crippen molar-refractivity contribution in [1.29, 1.82) is 0 Å². The lowest BCUT2D eigenvalue weighted by Gasteiger charge is -1.91. The average Bonchev–Trinajstić information content (AvgIpc) is 1.61. The molecule has 0 aliphatic rings. The van der Waals surface area contributed by atoms with Crippen LogP contribution in [0.3, 0.4) is 0 Å². The molecule has 0 saturated carbocycles. The highest BCUT2D eigenvalue weighted by Crippen LogP contribution is 2.06. The highest BCUT2D eigenvalue weighted by atomic mass is 35.7. The minimum Gasteiger partial charge on any atom is -0.150 e. The van der Waals surface area contributed by atoms with Gasteiger partial charge in [0.05, 0.1) is 0 Å². The number of alkyl halides is 1. The normalized spacial score (nSPS) is 10.3. The van der Waals surface area contributed by atoms with Gasteiger partial charge in [-0.25, -0.2) is 0 Å². The minimum absolute atomic E-state index is 0.683. The fourth-order valence-electron chi connectivity index (χ4n) is 0.231. The minimum atomic E-state index is -1.33. The molecule has 44 valence electrons. The topological polar surface area (TPSA) is 0 Å². The summed E-state index contributed by atoms with van der Waals surface area (Å²) in [5.74, 6) is 0.683. The van der Waals surface area contributed by atoms with Gasteiger partial charge in [0, 0.05) is 5.88 Å². The zero-order chi connectivity index (χ0) is 5.70. The predicted molar refractivity (Wildman–Crippen MR) is 39.0 cm³/mol.